The molecule has 3 N–H and O–H groups in total. The van der Waals surface area contributed by atoms with Crippen LogP contribution in [0.2, 0.25) is 0 Å². The number of rotatable bonds is 6. The maximum atomic E-state index is 13.6. The lowest BCUT2D eigenvalue weighted by Gasteiger charge is -2.22. The number of hydrogen-bond acceptors (Lipinski definition) is 5. The minimum Gasteiger partial charge on any atom is -0.478 e. The zero-order chi connectivity index (χ0) is 23.5. The summed E-state index contributed by atoms with van der Waals surface area (Å²) in [6.07, 6.45) is -1.12. The SMILES string of the molecule is Cc1ccc([C@@]2(C)NC(=O)N(CC(=O)NNC(=O)[C@H](C)Oc3ccccc3F)C2=O)cc1. The highest BCUT2D eigenvalue weighted by atomic mass is 19.1. The smallest absolute Gasteiger partial charge is 0.325 e. The molecule has 32 heavy (non-hydrogen) atoms. The van der Waals surface area contributed by atoms with Crippen molar-refractivity contribution in [3.63, 3.8) is 0 Å². The van der Waals surface area contributed by atoms with Crippen LogP contribution in [0.1, 0.15) is 25.0 Å². The van der Waals surface area contributed by atoms with Crippen LogP contribution in [-0.4, -0.2) is 41.3 Å². The zero-order valence-electron chi connectivity index (χ0n) is 17.8. The highest BCUT2D eigenvalue weighted by molar-refractivity contribution is 6.09. The second-order valence-corrected chi connectivity index (χ2v) is 7.54. The summed E-state index contributed by atoms with van der Waals surface area (Å²) in [6.45, 7) is 4.22. The summed E-state index contributed by atoms with van der Waals surface area (Å²) < 4.78 is 18.9. The van der Waals surface area contributed by atoms with Crippen molar-refractivity contribution in [1.29, 1.82) is 0 Å². The van der Waals surface area contributed by atoms with E-state index < -0.39 is 47.8 Å². The lowest BCUT2D eigenvalue weighted by atomic mass is 9.91. The van der Waals surface area contributed by atoms with Crippen LogP contribution in [0.4, 0.5) is 9.18 Å². The summed E-state index contributed by atoms with van der Waals surface area (Å²) in [6, 6.07) is 11.9. The van der Waals surface area contributed by atoms with Crippen LogP contribution in [0.3, 0.4) is 0 Å². The van der Waals surface area contributed by atoms with Crippen LogP contribution in [0, 0.1) is 12.7 Å². The van der Waals surface area contributed by atoms with Crippen molar-refractivity contribution in [3.8, 4) is 5.75 Å². The molecule has 0 aromatic heterocycles. The number of carbonyl (C=O) groups is 4. The molecule has 1 saturated heterocycles. The van der Waals surface area contributed by atoms with Crippen LogP contribution in [0.25, 0.3) is 0 Å². The summed E-state index contributed by atoms with van der Waals surface area (Å²) in [5.74, 6) is -2.89. The van der Waals surface area contributed by atoms with Crippen molar-refractivity contribution in [2.24, 2.45) is 0 Å². The van der Waals surface area contributed by atoms with Gasteiger partial charge in [-0.2, -0.15) is 0 Å². The Morgan fingerprint density at radius 2 is 1.78 bits per heavy atom. The summed E-state index contributed by atoms with van der Waals surface area (Å²) in [7, 11) is 0. The van der Waals surface area contributed by atoms with Gasteiger partial charge >= 0.3 is 6.03 Å². The van der Waals surface area contributed by atoms with E-state index >= 15 is 0 Å². The third kappa shape index (κ3) is 4.69. The Labute approximate surface area is 183 Å². The van der Waals surface area contributed by atoms with E-state index in [4.69, 9.17) is 4.74 Å². The number of para-hydroxylation sites is 1. The van der Waals surface area contributed by atoms with Crippen molar-refractivity contribution in [2.45, 2.75) is 32.4 Å². The van der Waals surface area contributed by atoms with Gasteiger partial charge in [0.05, 0.1) is 0 Å². The van der Waals surface area contributed by atoms with Gasteiger partial charge < -0.3 is 10.1 Å². The van der Waals surface area contributed by atoms with Crippen LogP contribution >= 0.6 is 0 Å². The van der Waals surface area contributed by atoms with E-state index in [2.05, 4.69) is 16.2 Å². The number of nitrogens with one attached hydrogen (secondary N) is 3. The fourth-order valence-electron chi connectivity index (χ4n) is 3.12. The minimum atomic E-state index is -1.31. The van der Waals surface area contributed by atoms with Gasteiger partial charge in [0.1, 0.15) is 12.1 Å². The summed E-state index contributed by atoms with van der Waals surface area (Å²) >= 11 is 0. The van der Waals surface area contributed by atoms with Crippen molar-refractivity contribution in [2.75, 3.05) is 6.54 Å². The van der Waals surface area contributed by atoms with Crippen molar-refractivity contribution in [3.05, 3.63) is 65.5 Å². The van der Waals surface area contributed by atoms with Gasteiger partial charge in [-0.15, -0.1) is 0 Å². The number of amides is 5. The molecule has 0 spiro atoms. The van der Waals surface area contributed by atoms with Crippen LogP contribution < -0.4 is 20.9 Å². The van der Waals surface area contributed by atoms with E-state index in [1.165, 1.54) is 25.1 Å². The Balaban J connectivity index is 1.56. The predicted molar refractivity (Wildman–Crippen MR) is 112 cm³/mol. The first-order chi connectivity index (χ1) is 15.1. The Morgan fingerprint density at radius 1 is 1.12 bits per heavy atom. The van der Waals surface area contributed by atoms with Crippen LogP contribution in [0.15, 0.2) is 48.5 Å². The minimum absolute atomic E-state index is 0.115. The Hall–Kier alpha value is -3.95. The maximum Gasteiger partial charge on any atom is 0.325 e. The predicted octanol–water partition coefficient (Wildman–Crippen LogP) is 1.52. The Kier molecular flexibility index (Phi) is 6.42. The molecular weight excluding hydrogens is 419 g/mol. The van der Waals surface area contributed by atoms with Crippen LogP contribution in [-0.2, 0) is 19.9 Å². The number of aryl methyl sites for hydroxylation is 1. The van der Waals surface area contributed by atoms with Gasteiger partial charge in [0.25, 0.3) is 17.7 Å². The lowest BCUT2D eigenvalue weighted by Crippen LogP contribution is -2.51. The maximum absolute atomic E-state index is 13.6. The molecule has 0 saturated carbocycles. The van der Waals surface area contributed by atoms with E-state index in [9.17, 15) is 23.6 Å². The molecule has 0 unspecified atom stereocenters. The highest BCUT2D eigenvalue weighted by Crippen LogP contribution is 2.28. The average molecular weight is 442 g/mol. The number of benzene rings is 2. The number of ether oxygens (including phenoxy) is 1. The first kappa shape index (κ1) is 22.7. The molecule has 2 aromatic carbocycles. The number of urea groups is 1. The molecule has 1 aliphatic heterocycles. The fraction of sp³-hybridized carbons (Fsp3) is 0.273. The Bertz CT molecular complexity index is 1060. The first-order valence-corrected chi connectivity index (χ1v) is 9.83. The van der Waals surface area contributed by atoms with Crippen molar-refractivity contribution >= 4 is 23.8 Å². The molecule has 1 aliphatic rings. The second kappa shape index (κ2) is 9.04. The molecule has 0 radical (unpaired) electrons. The van der Waals surface area contributed by atoms with E-state index in [0.717, 1.165) is 10.5 Å². The number of hydrazine groups is 1. The fourth-order valence-corrected chi connectivity index (χ4v) is 3.12. The Morgan fingerprint density at radius 3 is 2.44 bits per heavy atom. The highest BCUT2D eigenvalue weighted by Gasteiger charge is 2.49. The molecule has 10 heteroatoms. The molecule has 3 rings (SSSR count). The van der Waals surface area contributed by atoms with Gasteiger partial charge in [0, 0.05) is 0 Å². The summed E-state index contributed by atoms with van der Waals surface area (Å²) in [5.41, 5.74) is 4.51. The molecule has 0 bridgehead atoms. The van der Waals surface area contributed by atoms with Crippen LogP contribution in [0.5, 0.6) is 5.75 Å². The lowest BCUT2D eigenvalue weighted by molar-refractivity contribution is -0.136. The van der Waals surface area contributed by atoms with Crippen molar-refractivity contribution in [1.82, 2.24) is 21.1 Å². The third-order valence-corrected chi connectivity index (χ3v) is 5.04. The molecule has 2 aromatic rings. The van der Waals surface area contributed by atoms with Gasteiger partial charge in [-0.05, 0) is 38.5 Å². The van der Waals surface area contributed by atoms with Gasteiger partial charge in [-0.3, -0.25) is 30.1 Å². The standard InChI is InChI=1S/C22H23FN4O5/c1-13-8-10-15(11-9-13)22(3)20(30)27(21(31)24-22)12-18(28)25-26-19(29)14(2)32-17-7-5-4-6-16(17)23/h4-11,14H,12H2,1-3H3,(H,24,31)(H,25,28)(H,26,29)/t14-,22+/m0/s1. The van der Waals surface area contributed by atoms with E-state index in [-0.39, 0.29) is 5.75 Å². The van der Waals surface area contributed by atoms with E-state index in [1.54, 1.807) is 25.1 Å². The largest absolute Gasteiger partial charge is 0.478 e. The molecule has 5 amide bonds. The average Bonchev–Trinajstić information content (AvgIpc) is 2.97. The first-order valence-electron chi connectivity index (χ1n) is 9.83. The normalized spacial score (nSPS) is 18.7. The molecule has 9 nitrogen and oxygen atoms in total. The van der Waals surface area contributed by atoms with Gasteiger partial charge in [0.15, 0.2) is 17.7 Å². The van der Waals surface area contributed by atoms with Crippen molar-refractivity contribution < 1.29 is 28.3 Å². The monoisotopic (exact) mass is 442 g/mol. The third-order valence-electron chi connectivity index (χ3n) is 5.04. The molecule has 2 atom stereocenters. The number of nitrogens with zero attached hydrogens (tertiary/aromatic N) is 1. The van der Waals surface area contributed by atoms with Gasteiger partial charge in [-0.1, -0.05) is 42.0 Å². The number of carbonyl (C=O) groups excluding carboxylic acids is 4. The van der Waals surface area contributed by atoms with Gasteiger partial charge in [0.2, 0.25) is 0 Å². The van der Waals surface area contributed by atoms with E-state index in [1.807, 2.05) is 19.1 Å². The molecule has 1 fully saturated rings. The summed E-state index contributed by atoms with van der Waals surface area (Å²) in [4.78, 5) is 50.3. The topological polar surface area (TPSA) is 117 Å². The molecule has 168 valence electrons. The number of halogens is 1. The zero-order valence-corrected chi connectivity index (χ0v) is 17.8. The molecular formula is C22H23FN4O5. The van der Waals surface area contributed by atoms with E-state index in [0.29, 0.717) is 5.56 Å². The number of hydrogen-bond donors (Lipinski definition) is 3. The summed E-state index contributed by atoms with van der Waals surface area (Å²) in [5, 5.41) is 2.60. The molecule has 1 heterocycles. The quantitative estimate of drug-likeness (QED) is 0.463. The van der Waals surface area contributed by atoms with Gasteiger partial charge in [-0.25, -0.2) is 9.18 Å². The second-order valence-electron chi connectivity index (χ2n) is 7.54. The molecule has 0 aliphatic carbocycles. The number of imide groups is 1.